The molecule has 0 spiro atoms. The molecule has 0 aromatic heterocycles. The Labute approximate surface area is 162 Å². The molecule has 1 N–H and O–H groups in total. The third-order valence-electron chi connectivity index (χ3n) is 5.77. The highest BCUT2D eigenvalue weighted by Crippen LogP contribution is 2.50. The average molecular weight is 378 g/mol. The summed E-state index contributed by atoms with van der Waals surface area (Å²) < 4.78 is 13.3. The van der Waals surface area contributed by atoms with Gasteiger partial charge in [0.1, 0.15) is 5.82 Å². The van der Waals surface area contributed by atoms with Gasteiger partial charge < -0.3 is 5.32 Å². The molecule has 2 aliphatic rings. The molecule has 2 nitrogen and oxygen atoms in total. The van der Waals surface area contributed by atoms with Gasteiger partial charge >= 0.3 is 0 Å². The van der Waals surface area contributed by atoms with Gasteiger partial charge in [-0.1, -0.05) is 35.9 Å². The van der Waals surface area contributed by atoms with E-state index in [2.05, 4.69) is 17.4 Å². The Morgan fingerprint density at radius 2 is 1.78 bits per heavy atom. The number of Topliss-reactive ketones (excluding diaryl/α,β-unsaturated/α-hetero) is 1. The zero-order chi connectivity index (χ0) is 18.5. The topological polar surface area (TPSA) is 29.1 Å². The van der Waals surface area contributed by atoms with Crippen molar-refractivity contribution in [1.29, 1.82) is 0 Å². The quantitative estimate of drug-likeness (QED) is 0.601. The minimum atomic E-state index is -0.360. The molecular weight excluding hydrogens is 361 g/mol. The summed E-state index contributed by atoms with van der Waals surface area (Å²) in [6.07, 6.45) is 0.831. The summed E-state index contributed by atoms with van der Waals surface area (Å²) in [5, 5.41) is 4.14. The number of nitrogens with one attached hydrogen (secondary N) is 1. The van der Waals surface area contributed by atoms with E-state index in [4.69, 9.17) is 11.6 Å². The molecule has 1 aliphatic heterocycles. The van der Waals surface area contributed by atoms with Crippen molar-refractivity contribution in [3.63, 3.8) is 0 Å². The Morgan fingerprint density at radius 3 is 2.59 bits per heavy atom. The number of halogens is 2. The summed E-state index contributed by atoms with van der Waals surface area (Å²) in [7, 11) is 0. The third-order valence-corrected chi connectivity index (χ3v) is 6.01. The van der Waals surface area contributed by atoms with Crippen LogP contribution in [-0.2, 0) is 6.42 Å². The molecule has 3 aromatic rings. The van der Waals surface area contributed by atoms with E-state index in [-0.39, 0.29) is 29.5 Å². The van der Waals surface area contributed by atoms with E-state index < -0.39 is 0 Å². The maximum absolute atomic E-state index is 13.3. The first kappa shape index (κ1) is 16.5. The van der Waals surface area contributed by atoms with Crippen LogP contribution in [0.5, 0.6) is 0 Å². The van der Waals surface area contributed by atoms with Crippen molar-refractivity contribution in [2.45, 2.75) is 18.4 Å². The highest BCUT2D eigenvalue weighted by molar-refractivity contribution is 6.30. The zero-order valence-electron chi connectivity index (χ0n) is 14.5. The molecule has 5 rings (SSSR count). The van der Waals surface area contributed by atoms with Crippen LogP contribution in [0.4, 0.5) is 10.1 Å². The van der Waals surface area contributed by atoms with Gasteiger partial charge in [0.2, 0.25) is 0 Å². The molecule has 27 heavy (non-hydrogen) atoms. The molecule has 0 amide bonds. The number of anilines is 1. The highest BCUT2D eigenvalue weighted by Gasteiger charge is 2.45. The average Bonchev–Trinajstić information content (AvgIpc) is 3.07. The van der Waals surface area contributed by atoms with Gasteiger partial charge in [0, 0.05) is 28.1 Å². The van der Waals surface area contributed by atoms with Crippen molar-refractivity contribution in [2.24, 2.45) is 5.92 Å². The summed E-state index contributed by atoms with van der Waals surface area (Å²) in [6.45, 7) is 0. The lowest BCUT2D eigenvalue weighted by Crippen LogP contribution is -2.42. The minimum absolute atomic E-state index is 0.00148. The van der Waals surface area contributed by atoms with Gasteiger partial charge in [-0.3, -0.25) is 4.79 Å². The van der Waals surface area contributed by atoms with Crippen molar-refractivity contribution < 1.29 is 9.18 Å². The van der Waals surface area contributed by atoms with Crippen LogP contribution in [0.2, 0.25) is 5.02 Å². The molecule has 0 saturated heterocycles. The second-order valence-corrected chi connectivity index (χ2v) is 7.71. The van der Waals surface area contributed by atoms with Crippen LogP contribution in [0.3, 0.4) is 0 Å². The number of rotatable bonds is 2. The molecule has 0 radical (unpaired) electrons. The largest absolute Gasteiger partial charge is 0.374 e. The second kappa shape index (κ2) is 6.21. The summed E-state index contributed by atoms with van der Waals surface area (Å²) in [6, 6.07) is 19.6. The van der Waals surface area contributed by atoms with Crippen LogP contribution in [0, 0.1) is 11.7 Å². The first-order chi connectivity index (χ1) is 13.1. The van der Waals surface area contributed by atoms with E-state index in [9.17, 15) is 9.18 Å². The van der Waals surface area contributed by atoms with Crippen molar-refractivity contribution >= 4 is 23.1 Å². The molecule has 3 aromatic carbocycles. The smallest absolute Gasteiger partial charge is 0.185 e. The molecule has 0 fully saturated rings. The maximum atomic E-state index is 13.3. The van der Waals surface area contributed by atoms with Crippen LogP contribution in [-0.4, -0.2) is 11.8 Å². The predicted molar refractivity (Wildman–Crippen MR) is 105 cm³/mol. The number of carbonyl (C=O) groups excluding carboxylic acids is 1. The molecular formula is C23H17ClFNO. The first-order valence-electron chi connectivity index (χ1n) is 9.05. The van der Waals surface area contributed by atoms with Crippen LogP contribution < -0.4 is 5.32 Å². The number of ketones is 1. The van der Waals surface area contributed by atoms with Crippen molar-refractivity contribution in [3.05, 3.63) is 99.8 Å². The van der Waals surface area contributed by atoms with Crippen molar-refractivity contribution in [1.82, 2.24) is 0 Å². The molecule has 134 valence electrons. The van der Waals surface area contributed by atoms with E-state index in [0.29, 0.717) is 10.6 Å². The van der Waals surface area contributed by atoms with Gasteiger partial charge in [-0.2, -0.15) is 0 Å². The third kappa shape index (κ3) is 2.65. The molecule has 1 heterocycles. The number of fused-ring (bicyclic) bond motifs is 5. The fourth-order valence-electron chi connectivity index (χ4n) is 4.58. The summed E-state index contributed by atoms with van der Waals surface area (Å²) in [4.78, 5) is 13.3. The molecule has 0 saturated carbocycles. The summed E-state index contributed by atoms with van der Waals surface area (Å²) >= 11 is 6.27. The van der Waals surface area contributed by atoms with Crippen LogP contribution in [0.25, 0.3) is 0 Å². The lowest BCUT2D eigenvalue weighted by atomic mass is 9.75. The van der Waals surface area contributed by atoms with E-state index in [0.717, 1.165) is 17.7 Å². The van der Waals surface area contributed by atoms with Gasteiger partial charge in [-0.05, 0) is 65.6 Å². The zero-order valence-corrected chi connectivity index (χ0v) is 15.2. The predicted octanol–water partition coefficient (Wildman–Crippen LogP) is 5.46. The minimum Gasteiger partial charge on any atom is -0.374 e. The number of hydrogen-bond acceptors (Lipinski definition) is 2. The monoisotopic (exact) mass is 377 g/mol. The van der Waals surface area contributed by atoms with E-state index in [1.165, 1.54) is 23.3 Å². The maximum Gasteiger partial charge on any atom is 0.185 e. The number of hydrogen-bond donors (Lipinski definition) is 1. The van der Waals surface area contributed by atoms with E-state index >= 15 is 0 Å². The summed E-state index contributed by atoms with van der Waals surface area (Å²) in [5.41, 5.74) is 5.16. The molecule has 0 unspecified atom stereocenters. The highest BCUT2D eigenvalue weighted by atomic mass is 35.5. The van der Waals surface area contributed by atoms with Gasteiger partial charge in [-0.15, -0.1) is 0 Å². The Kier molecular flexibility index (Phi) is 3.80. The van der Waals surface area contributed by atoms with E-state index in [1.807, 2.05) is 30.3 Å². The molecule has 4 heteroatoms. The van der Waals surface area contributed by atoms with Crippen molar-refractivity contribution in [3.8, 4) is 0 Å². The molecule has 1 aliphatic carbocycles. The Morgan fingerprint density at radius 1 is 1.00 bits per heavy atom. The summed E-state index contributed by atoms with van der Waals surface area (Å²) in [5.74, 6) is -0.107. The van der Waals surface area contributed by atoms with Gasteiger partial charge in [0.25, 0.3) is 0 Å². The van der Waals surface area contributed by atoms with Crippen LogP contribution in [0.1, 0.15) is 33.0 Å². The lowest BCUT2D eigenvalue weighted by molar-refractivity contribution is 0.0938. The molecule has 3 atom stereocenters. The van der Waals surface area contributed by atoms with Crippen LogP contribution in [0.15, 0.2) is 66.7 Å². The number of benzene rings is 3. The van der Waals surface area contributed by atoms with Gasteiger partial charge in [-0.25, -0.2) is 4.39 Å². The number of carbonyl (C=O) groups is 1. The Hall–Kier alpha value is -2.65. The Balaban J connectivity index is 1.62. The van der Waals surface area contributed by atoms with Crippen LogP contribution >= 0.6 is 11.6 Å². The SMILES string of the molecule is O=C(c1ccc(F)cc1)[C@@H]1Nc2ccc(Cl)cc2[C@@H]2c3ccccc3C[C@@H]21. The fourth-order valence-corrected chi connectivity index (χ4v) is 4.77. The van der Waals surface area contributed by atoms with Crippen molar-refractivity contribution in [2.75, 3.05) is 5.32 Å². The molecule has 0 bridgehead atoms. The Bertz CT molecular complexity index is 1050. The van der Waals surface area contributed by atoms with E-state index in [1.54, 1.807) is 12.1 Å². The van der Waals surface area contributed by atoms with Gasteiger partial charge in [0.15, 0.2) is 5.78 Å². The van der Waals surface area contributed by atoms with Gasteiger partial charge in [0.05, 0.1) is 6.04 Å². The first-order valence-corrected chi connectivity index (χ1v) is 9.43. The normalized spacial score (nSPS) is 22.4. The fraction of sp³-hybridized carbons (Fsp3) is 0.174. The standard InChI is InChI=1S/C23H17ClFNO/c24-15-7-10-20-18(12-15)21-17-4-2-1-3-14(17)11-19(21)22(26-20)23(27)13-5-8-16(25)9-6-13/h1-10,12,19,21-22,26H,11H2/t19-,21-,22+/m0/s1. The second-order valence-electron chi connectivity index (χ2n) is 7.27. The lowest BCUT2D eigenvalue weighted by Gasteiger charge is -2.37.